The van der Waals surface area contributed by atoms with Crippen molar-refractivity contribution in [2.24, 2.45) is 0 Å². The molecule has 0 spiro atoms. The van der Waals surface area contributed by atoms with Gasteiger partial charge >= 0.3 is 0 Å². The van der Waals surface area contributed by atoms with Crippen LogP contribution in [0.3, 0.4) is 0 Å². The van der Waals surface area contributed by atoms with E-state index in [2.05, 4.69) is 17.6 Å². The largest absolute Gasteiger partial charge is 0.449 e. The highest BCUT2D eigenvalue weighted by molar-refractivity contribution is 7.80. The Bertz CT molecular complexity index is 467. The van der Waals surface area contributed by atoms with Crippen molar-refractivity contribution in [1.29, 1.82) is 0 Å². The number of halogens is 1. The van der Waals surface area contributed by atoms with Gasteiger partial charge in [-0.15, -0.1) is 12.6 Å². The van der Waals surface area contributed by atoms with E-state index in [1.165, 1.54) is 12.3 Å². The molecule has 0 N–H and O–H groups in total. The fourth-order valence-corrected chi connectivity index (χ4v) is 1.30. The molecule has 0 aliphatic heterocycles. The highest BCUT2D eigenvalue weighted by Gasteiger charge is 2.05. The molecule has 0 aliphatic rings. The van der Waals surface area contributed by atoms with E-state index in [-0.39, 0.29) is 5.82 Å². The summed E-state index contributed by atoms with van der Waals surface area (Å²) in [5, 5.41) is 0. The number of nitrogens with zero attached hydrogens (tertiary/aromatic N) is 1. The first kappa shape index (κ1) is 9.27. The maximum Gasteiger partial charge on any atom is 0.191 e. The summed E-state index contributed by atoms with van der Waals surface area (Å²) in [6.45, 7) is 1.74. The van der Waals surface area contributed by atoms with Gasteiger partial charge in [-0.1, -0.05) is 6.07 Å². The SMILES string of the molecule is Cc1nc(-c2ccc(S)c(F)c2)co1. The molecule has 0 saturated carbocycles. The second-order valence-electron chi connectivity index (χ2n) is 2.92. The Balaban J connectivity index is 2.47. The summed E-state index contributed by atoms with van der Waals surface area (Å²) in [4.78, 5) is 4.42. The summed E-state index contributed by atoms with van der Waals surface area (Å²) in [5.74, 6) is 0.210. The first-order chi connectivity index (χ1) is 6.66. The number of hydrogen-bond donors (Lipinski definition) is 1. The van der Waals surface area contributed by atoms with Gasteiger partial charge in [0.2, 0.25) is 0 Å². The molecule has 4 heteroatoms. The minimum Gasteiger partial charge on any atom is -0.449 e. The molecule has 0 bridgehead atoms. The van der Waals surface area contributed by atoms with Crippen LogP contribution in [0.15, 0.2) is 33.8 Å². The van der Waals surface area contributed by atoms with E-state index in [0.29, 0.717) is 22.0 Å². The van der Waals surface area contributed by atoms with Gasteiger partial charge in [0.05, 0.1) is 0 Å². The van der Waals surface area contributed by atoms with Crippen molar-refractivity contribution in [2.45, 2.75) is 11.8 Å². The third-order valence-electron chi connectivity index (χ3n) is 1.86. The Labute approximate surface area is 86.2 Å². The van der Waals surface area contributed by atoms with Crippen molar-refractivity contribution in [3.8, 4) is 11.3 Å². The zero-order valence-corrected chi connectivity index (χ0v) is 8.38. The standard InChI is InChI=1S/C10H8FNOS/c1-6-12-9(5-13-6)7-2-3-10(14)8(11)4-7/h2-5,14H,1H3. The van der Waals surface area contributed by atoms with Gasteiger partial charge in [0.25, 0.3) is 0 Å². The molecule has 0 amide bonds. The van der Waals surface area contributed by atoms with Gasteiger partial charge in [-0.3, -0.25) is 0 Å². The van der Waals surface area contributed by atoms with Crippen LogP contribution >= 0.6 is 12.6 Å². The monoisotopic (exact) mass is 209 g/mol. The molecule has 2 nitrogen and oxygen atoms in total. The van der Waals surface area contributed by atoms with Crippen LogP contribution in [-0.2, 0) is 0 Å². The maximum atomic E-state index is 13.1. The average molecular weight is 209 g/mol. The van der Waals surface area contributed by atoms with Crippen LogP contribution in [0.2, 0.25) is 0 Å². The number of hydrogen-bond acceptors (Lipinski definition) is 3. The predicted molar refractivity (Wildman–Crippen MR) is 53.9 cm³/mol. The lowest BCUT2D eigenvalue weighted by Crippen LogP contribution is -1.82. The van der Waals surface area contributed by atoms with Crippen molar-refractivity contribution in [3.63, 3.8) is 0 Å². The Morgan fingerprint density at radius 3 is 2.79 bits per heavy atom. The summed E-state index contributed by atoms with van der Waals surface area (Å²) in [6, 6.07) is 4.74. The van der Waals surface area contributed by atoms with Gasteiger partial charge in [-0.05, 0) is 12.1 Å². The van der Waals surface area contributed by atoms with E-state index in [0.717, 1.165) is 0 Å². The van der Waals surface area contributed by atoms with Crippen LogP contribution in [0.5, 0.6) is 0 Å². The van der Waals surface area contributed by atoms with E-state index in [4.69, 9.17) is 4.42 Å². The van der Waals surface area contributed by atoms with Gasteiger partial charge in [-0.25, -0.2) is 9.37 Å². The summed E-state index contributed by atoms with van der Waals surface area (Å²) in [7, 11) is 0. The number of aryl methyl sites for hydroxylation is 1. The predicted octanol–water partition coefficient (Wildman–Crippen LogP) is 3.08. The molecule has 0 fully saturated rings. The Morgan fingerprint density at radius 2 is 2.21 bits per heavy atom. The molecule has 1 aromatic carbocycles. The summed E-state index contributed by atoms with van der Waals surface area (Å²) >= 11 is 3.94. The third-order valence-corrected chi connectivity index (χ3v) is 2.23. The van der Waals surface area contributed by atoms with Crippen LogP contribution in [0.25, 0.3) is 11.3 Å². The van der Waals surface area contributed by atoms with Crippen molar-refractivity contribution in [1.82, 2.24) is 4.98 Å². The summed E-state index contributed by atoms with van der Waals surface area (Å²) in [6.07, 6.45) is 1.50. The Hall–Kier alpha value is -1.29. The first-order valence-corrected chi connectivity index (χ1v) is 4.52. The van der Waals surface area contributed by atoms with Crippen LogP contribution < -0.4 is 0 Å². The Kier molecular flexibility index (Phi) is 2.29. The number of benzene rings is 1. The highest BCUT2D eigenvalue weighted by atomic mass is 32.1. The molecule has 2 rings (SSSR count). The molecule has 14 heavy (non-hydrogen) atoms. The van der Waals surface area contributed by atoms with Gasteiger partial charge < -0.3 is 4.42 Å². The van der Waals surface area contributed by atoms with E-state index >= 15 is 0 Å². The van der Waals surface area contributed by atoms with Crippen molar-refractivity contribution in [3.05, 3.63) is 36.2 Å². The molecule has 0 aliphatic carbocycles. The molecule has 0 radical (unpaired) electrons. The lowest BCUT2D eigenvalue weighted by molar-refractivity contribution is 0.521. The van der Waals surface area contributed by atoms with E-state index in [9.17, 15) is 4.39 Å². The molecule has 72 valence electrons. The summed E-state index contributed by atoms with van der Waals surface area (Å²) in [5.41, 5.74) is 1.33. The number of thiol groups is 1. The van der Waals surface area contributed by atoms with Gasteiger partial charge in [0.1, 0.15) is 17.8 Å². The summed E-state index contributed by atoms with van der Waals surface area (Å²) < 4.78 is 18.2. The van der Waals surface area contributed by atoms with Crippen molar-refractivity contribution < 1.29 is 8.81 Å². The molecule has 0 atom stereocenters. The molecule has 0 saturated heterocycles. The number of aromatic nitrogens is 1. The van der Waals surface area contributed by atoms with E-state index in [1.54, 1.807) is 19.1 Å². The van der Waals surface area contributed by atoms with Crippen LogP contribution in [0, 0.1) is 12.7 Å². The second kappa shape index (κ2) is 3.46. The van der Waals surface area contributed by atoms with Crippen LogP contribution in [0.4, 0.5) is 4.39 Å². The minimum atomic E-state index is -0.355. The zero-order valence-electron chi connectivity index (χ0n) is 7.49. The van der Waals surface area contributed by atoms with Crippen LogP contribution in [-0.4, -0.2) is 4.98 Å². The normalized spacial score (nSPS) is 10.5. The van der Waals surface area contributed by atoms with Crippen LogP contribution in [0.1, 0.15) is 5.89 Å². The Morgan fingerprint density at radius 1 is 1.43 bits per heavy atom. The molecular formula is C10H8FNOS. The van der Waals surface area contributed by atoms with Crippen molar-refractivity contribution in [2.75, 3.05) is 0 Å². The fourth-order valence-electron chi connectivity index (χ4n) is 1.16. The molecule has 1 heterocycles. The minimum absolute atomic E-state index is 0.328. The first-order valence-electron chi connectivity index (χ1n) is 4.08. The average Bonchev–Trinajstić information content (AvgIpc) is 2.57. The van der Waals surface area contributed by atoms with Crippen molar-refractivity contribution >= 4 is 12.6 Å². The molecule has 0 unspecified atom stereocenters. The topological polar surface area (TPSA) is 26.0 Å². The smallest absolute Gasteiger partial charge is 0.191 e. The lowest BCUT2D eigenvalue weighted by Gasteiger charge is -1.97. The van der Waals surface area contributed by atoms with Gasteiger partial charge in [-0.2, -0.15) is 0 Å². The molecular weight excluding hydrogens is 201 g/mol. The van der Waals surface area contributed by atoms with Gasteiger partial charge in [0.15, 0.2) is 5.89 Å². The fraction of sp³-hybridized carbons (Fsp3) is 0.100. The second-order valence-corrected chi connectivity index (χ2v) is 3.40. The van der Waals surface area contributed by atoms with E-state index in [1.807, 2.05) is 0 Å². The van der Waals surface area contributed by atoms with E-state index < -0.39 is 0 Å². The quantitative estimate of drug-likeness (QED) is 0.730. The number of rotatable bonds is 1. The number of oxazole rings is 1. The maximum absolute atomic E-state index is 13.1. The zero-order chi connectivity index (χ0) is 10.1. The molecule has 1 aromatic heterocycles. The molecule has 2 aromatic rings. The van der Waals surface area contributed by atoms with Gasteiger partial charge in [0, 0.05) is 17.4 Å². The lowest BCUT2D eigenvalue weighted by atomic mass is 10.2. The third kappa shape index (κ3) is 1.65. The highest BCUT2D eigenvalue weighted by Crippen LogP contribution is 2.22.